The Balaban J connectivity index is 2.36. The number of pyridine rings is 1. The molecule has 2 heterocycles. The summed E-state index contributed by atoms with van der Waals surface area (Å²) in [6.45, 7) is 7.93. The Morgan fingerprint density at radius 3 is 2.35 bits per heavy atom. The van der Waals surface area contributed by atoms with Gasteiger partial charge >= 0.3 is 7.12 Å². The van der Waals surface area contributed by atoms with Crippen LogP contribution >= 0.6 is 0 Å². The van der Waals surface area contributed by atoms with Gasteiger partial charge < -0.3 is 9.31 Å². The van der Waals surface area contributed by atoms with Crippen molar-refractivity contribution in [1.29, 1.82) is 5.26 Å². The Morgan fingerprint density at radius 1 is 1.24 bits per heavy atom. The molecule has 0 aromatic carbocycles. The summed E-state index contributed by atoms with van der Waals surface area (Å²) in [4.78, 5) is 4.02. The standard InChI is InChI=1S/C12H15BN2O2/c1-11(2)12(3,4)17-13(16-11)9-6-5-7-15-10(9)8-14/h5-7H,1-4H3. The van der Waals surface area contributed by atoms with Crippen molar-refractivity contribution in [3.05, 3.63) is 24.0 Å². The van der Waals surface area contributed by atoms with Crippen LogP contribution in [0.5, 0.6) is 0 Å². The first-order chi connectivity index (χ1) is 7.87. The smallest absolute Gasteiger partial charge is 0.399 e. The zero-order chi connectivity index (χ0) is 12.7. The number of rotatable bonds is 1. The van der Waals surface area contributed by atoms with Gasteiger partial charge in [-0.15, -0.1) is 0 Å². The molecule has 1 fully saturated rings. The van der Waals surface area contributed by atoms with E-state index in [4.69, 9.17) is 14.6 Å². The van der Waals surface area contributed by atoms with Crippen LogP contribution in [-0.4, -0.2) is 23.3 Å². The van der Waals surface area contributed by atoms with Gasteiger partial charge in [-0.1, -0.05) is 6.07 Å². The fourth-order valence-electron chi connectivity index (χ4n) is 1.67. The van der Waals surface area contributed by atoms with Gasteiger partial charge in [-0.25, -0.2) is 4.98 Å². The topological polar surface area (TPSA) is 55.1 Å². The van der Waals surface area contributed by atoms with Crippen LogP contribution in [0.3, 0.4) is 0 Å². The van der Waals surface area contributed by atoms with E-state index in [0.29, 0.717) is 11.2 Å². The molecule has 0 aliphatic carbocycles. The number of nitriles is 1. The molecule has 0 amide bonds. The van der Waals surface area contributed by atoms with Crippen molar-refractivity contribution in [2.75, 3.05) is 0 Å². The van der Waals surface area contributed by atoms with E-state index in [1.165, 1.54) is 0 Å². The van der Waals surface area contributed by atoms with Gasteiger partial charge in [0.2, 0.25) is 0 Å². The van der Waals surface area contributed by atoms with E-state index in [-0.39, 0.29) is 0 Å². The van der Waals surface area contributed by atoms with Crippen LogP contribution in [0.1, 0.15) is 33.4 Å². The maximum absolute atomic E-state index is 9.02. The first-order valence-electron chi connectivity index (χ1n) is 5.58. The van der Waals surface area contributed by atoms with Crippen LogP contribution in [-0.2, 0) is 9.31 Å². The Hall–Kier alpha value is -1.38. The minimum Gasteiger partial charge on any atom is -0.399 e. The fourth-order valence-corrected chi connectivity index (χ4v) is 1.67. The van der Waals surface area contributed by atoms with Crippen molar-refractivity contribution in [1.82, 2.24) is 4.98 Å². The van der Waals surface area contributed by atoms with E-state index in [1.54, 1.807) is 12.3 Å². The second-order valence-electron chi connectivity index (χ2n) is 5.14. The molecular weight excluding hydrogens is 215 g/mol. The Bertz CT molecular complexity index is 464. The molecule has 88 valence electrons. The molecule has 17 heavy (non-hydrogen) atoms. The van der Waals surface area contributed by atoms with Crippen LogP contribution in [0.2, 0.25) is 0 Å². The molecule has 1 aromatic rings. The number of hydrogen-bond acceptors (Lipinski definition) is 4. The van der Waals surface area contributed by atoms with Crippen molar-refractivity contribution in [2.45, 2.75) is 38.9 Å². The maximum Gasteiger partial charge on any atom is 0.497 e. The lowest BCUT2D eigenvalue weighted by Crippen LogP contribution is -2.41. The molecule has 0 radical (unpaired) electrons. The van der Waals surface area contributed by atoms with Crippen molar-refractivity contribution < 1.29 is 9.31 Å². The van der Waals surface area contributed by atoms with Gasteiger partial charge in [-0.05, 0) is 33.8 Å². The molecule has 1 aliphatic heterocycles. The fraction of sp³-hybridized carbons (Fsp3) is 0.500. The third kappa shape index (κ3) is 1.94. The summed E-state index contributed by atoms with van der Waals surface area (Å²) < 4.78 is 11.8. The molecule has 0 atom stereocenters. The molecule has 4 nitrogen and oxygen atoms in total. The molecule has 1 saturated heterocycles. The molecule has 0 N–H and O–H groups in total. The minimum absolute atomic E-state index is 0.353. The zero-order valence-corrected chi connectivity index (χ0v) is 10.5. The van der Waals surface area contributed by atoms with Gasteiger partial charge in [-0.3, -0.25) is 0 Å². The van der Waals surface area contributed by atoms with Gasteiger partial charge in [-0.2, -0.15) is 5.26 Å². The lowest BCUT2D eigenvalue weighted by Gasteiger charge is -2.32. The Morgan fingerprint density at radius 2 is 1.82 bits per heavy atom. The first-order valence-corrected chi connectivity index (χ1v) is 5.58. The SMILES string of the molecule is CC1(C)OB(c2cccnc2C#N)OC1(C)C. The maximum atomic E-state index is 9.02. The molecule has 0 bridgehead atoms. The van der Waals surface area contributed by atoms with E-state index in [1.807, 2.05) is 33.8 Å². The molecule has 2 rings (SSSR count). The van der Waals surface area contributed by atoms with Gasteiger partial charge in [0.05, 0.1) is 11.2 Å². The largest absolute Gasteiger partial charge is 0.497 e. The van der Waals surface area contributed by atoms with Crippen molar-refractivity contribution in [3.8, 4) is 6.07 Å². The van der Waals surface area contributed by atoms with Crippen LogP contribution in [0.4, 0.5) is 0 Å². The van der Waals surface area contributed by atoms with Crippen molar-refractivity contribution in [2.24, 2.45) is 0 Å². The van der Waals surface area contributed by atoms with Crippen LogP contribution < -0.4 is 5.46 Å². The zero-order valence-electron chi connectivity index (χ0n) is 10.5. The third-order valence-electron chi connectivity index (χ3n) is 3.45. The number of hydrogen-bond donors (Lipinski definition) is 0. The predicted molar refractivity (Wildman–Crippen MR) is 64.7 cm³/mol. The highest BCUT2D eigenvalue weighted by Gasteiger charge is 2.52. The lowest BCUT2D eigenvalue weighted by atomic mass is 9.78. The predicted octanol–water partition coefficient (Wildman–Crippen LogP) is 1.25. The molecule has 0 saturated carbocycles. The second kappa shape index (κ2) is 3.83. The highest BCUT2D eigenvalue weighted by Crippen LogP contribution is 2.36. The van der Waals surface area contributed by atoms with Gasteiger partial charge in [0.25, 0.3) is 0 Å². The van der Waals surface area contributed by atoms with E-state index in [0.717, 1.165) is 0 Å². The highest BCUT2D eigenvalue weighted by molar-refractivity contribution is 6.62. The van der Waals surface area contributed by atoms with Crippen LogP contribution in [0.25, 0.3) is 0 Å². The van der Waals surface area contributed by atoms with E-state index < -0.39 is 18.3 Å². The summed E-state index contributed by atoms with van der Waals surface area (Å²) in [7, 11) is -0.525. The summed E-state index contributed by atoms with van der Waals surface area (Å²) >= 11 is 0. The first kappa shape index (κ1) is 12.1. The van der Waals surface area contributed by atoms with Crippen LogP contribution in [0, 0.1) is 11.3 Å². The molecule has 5 heteroatoms. The monoisotopic (exact) mass is 230 g/mol. The quantitative estimate of drug-likeness (QED) is 0.681. The van der Waals surface area contributed by atoms with E-state index >= 15 is 0 Å². The second-order valence-corrected chi connectivity index (χ2v) is 5.14. The summed E-state index contributed by atoms with van der Waals surface area (Å²) in [5.41, 5.74) is 0.236. The number of nitrogens with zero attached hydrogens (tertiary/aromatic N) is 2. The molecule has 0 unspecified atom stereocenters. The summed E-state index contributed by atoms with van der Waals surface area (Å²) in [5.74, 6) is 0. The van der Waals surface area contributed by atoms with E-state index in [2.05, 4.69) is 11.1 Å². The van der Waals surface area contributed by atoms with Gasteiger partial charge in [0.15, 0.2) is 0 Å². The summed E-state index contributed by atoms with van der Waals surface area (Å²) in [6.07, 6.45) is 1.59. The normalized spacial score (nSPS) is 21.2. The highest BCUT2D eigenvalue weighted by atomic mass is 16.7. The van der Waals surface area contributed by atoms with Crippen LogP contribution in [0.15, 0.2) is 18.3 Å². The van der Waals surface area contributed by atoms with Gasteiger partial charge in [0.1, 0.15) is 11.8 Å². The molecule has 0 spiro atoms. The van der Waals surface area contributed by atoms with E-state index in [9.17, 15) is 0 Å². The van der Waals surface area contributed by atoms with Crippen molar-refractivity contribution in [3.63, 3.8) is 0 Å². The Labute approximate surface area is 102 Å². The average Bonchev–Trinajstić information content (AvgIpc) is 2.48. The van der Waals surface area contributed by atoms with Crippen molar-refractivity contribution >= 4 is 12.6 Å². The molecule has 1 aliphatic rings. The molecule has 1 aromatic heterocycles. The third-order valence-corrected chi connectivity index (χ3v) is 3.45. The number of aromatic nitrogens is 1. The molecular formula is C12H15BN2O2. The average molecular weight is 230 g/mol. The summed E-state index contributed by atoms with van der Waals surface area (Å²) in [5, 5.41) is 9.02. The lowest BCUT2D eigenvalue weighted by molar-refractivity contribution is 0.00578. The minimum atomic E-state index is -0.525. The Kier molecular flexibility index (Phi) is 2.72. The summed E-state index contributed by atoms with van der Waals surface area (Å²) in [6, 6.07) is 5.65. The van der Waals surface area contributed by atoms with Gasteiger partial charge in [0, 0.05) is 11.7 Å².